The fourth-order valence-corrected chi connectivity index (χ4v) is 5.31. The van der Waals surface area contributed by atoms with Crippen molar-refractivity contribution < 1.29 is 13.2 Å². The van der Waals surface area contributed by atoms with Crippen LogP contribution in [0.1, 0.15) is 35.4 Å². The molecule has 0 saturated carbocycles. The lowest BCUT2D eigenvalue weighted by atomic mass is 10.1. The van der Waals surface area contributed by atoms with Crippen molar-refractivity contribution in [2.75, 3.05) is 25.9 Å². The number of carbonyl (C=O) groups is 1. The first-order valence-electron chi connectivity index (χ1n) is 9.67. The summed E-state index contributed by atoms with van der Waals surface area (Å²) >= 11 is 6.27. The summed E-state index contributed by atoms with van der Waals surface area (Å²) in [6.07, 6.45) is 0.816. The van der Waals surface area contributed by atoms with Gasteiger partial charge in [-0.3, -0.25) is 9.48 Å². The average Bonchev–Trinajstić information content (AvgIpc) is 3.14. The van der Waals surface area contributed by atoms with Gasteiger partial charge in [-0.15, -0.1) is 0 Å². The molecule has 1 fully saturated rings. The Labute approximate surface area is 177 Å². The Hall–Kier alpha value is -1.90. The van der Waals surface area contributed by atoms with Crippen LogP contribution in [0.25, 0.3) is 0 Å². The number of hydrogen-bond acceptors (Lipinski definition) is 4. The van der Waals surface area contributed by atoms with E-state index in [9.17, 15) is 13.2 Å². The SMILES string of the molecule is Cc1nn(Cc2ccccc2Cl)c(C)c1CN(C)C(=O)CCN1CCCS1(=O)=O. The lowest BCUT2D eigenvalue weighted by Gasteiger charge is -2.20. The van der Waals surface area contributed by atoms with Gasteiger partial charge in [0.1, 0.15) is 0 Å². The van der Waals surface area contributed by atoms with Gasteiger partial charge in [0, 0.05) is 49.4 Å². The van der Waals surface area contributed by atoms with E-state index < -0.39 is 10.0 Å². The van der Waals surface area contributed by atoms with Gasteiger partial charge < -0.3 is 4.90 Å². The lowest BCUT2D eigenvalue weighted by Crippen LogP contribution is -2.33. The minimum atomic E-state index is -3.17. The zero-order valence-corrected chi connectivity index (χ0v) is 18.6. The Morgan fingerprint density at radius 1 is 1.28 bits per heavy atom. The molecule has 1 aromatic carbocycles. The molecule has 0 atom stereocenters. The van der Waals surface area contributed by atoms with Crippen LogP contribution in [-0.4, -0.2) is 59.2 Å². The molecular formula is C20H27ClN4O3S. The number of carbonyl (C=O) groups excluding carboxylic acids is 1. The Morgan fingerprint density at radius 3 is 2.66 bits per heavy atom. The second-order valence-electron chi connectivity index (χ2n) is 7.47. The summed E-state index contributed by atoms with van der Waals surface area (Å²) in [5, 5.41) is 5.32. The van der Waals surface area contributed by atoms with E-state index >= 15 is 0 Å². The number of nitrogens with zero attached hydrogens (tertiary/aromatic N) is 4. The first-order valence-corrected chi connectivity index (χ1v) is 11.7. The molecule has 1 amide bonds. The summed E-state index contributed by atoms with van der Waals surface area (Å²) in [6.45, 7) is 5.67. The normalized spacial score (nSPS) is 16.3. The highest BCUT2D eigenvalue weighted by Crippen LogP contribution is 2.21. The molecule has 158 valence electrons. The molecule has 0 aliphatic carbocycles. The van der Waals surface area contributed by atoms with E-state index in [-0.39, 0.29) is 24.6 Å². The summed E-state index contributed by atoms with van der Waals surface area (Å²) in [5.41, 5.74) is 3.85. The third-order valence-corrected chi connectivity index (χ3v) is 7.73. The number of sulfonamides is 1. The number of aromatic nitrogens is 2. The lowest BCUT2D eigenvalue weighted by molar-refractivity contribution is -0.130. The maximum absolute atomic E-state index is 12.5. The summed E-state index contributed by atoms with van der Waals surface area (Å²) in [7, 11) is -1.43. The Bertz CT molecular complexity index is 1000. The van der Waals surface area contributed by atoms with Crippen molar-refractivity contribution in [1.29, 1.82) is 0 Å². The predicted molar refractivity (Wildman–Crippen MR) is 113 cm³/mol. The third kappa shape index (κ3) is 4.99. The Morgan fingerprint density at radius 2 is 2.00 bits per heavy atom. The van der Waals surface area contributed by atoms with E-state index in [0.717, 1.165) is 22.5 Å². The van der Waals surface area contributed by atoms with Gasteiger partial charge in [0.15, 0.2) is 0 Å². The zero-order chi connectivity index (χ0) is 21.2. The number of amides is 1. The smallest absolute Gasteiger partial charge is 0.223 e. The molecule has 29 heavy (non-hydrogen) atoms. The first-order chi connectivity index (χ1) is 13.7. The van der Waals surface area contributed by atoms with Crippen molar-refractivity contribution >= 4 is 27.5 Å². The molecule has 2 aromatic rings. The standard InChI is InChI=1S/C20H27ClN4O3S/c1-15-18(16(2)25(22-15)13-17-7-4-5-8-19(17)21)14-23(3)20(26)9-11-24-10-6-12-29(24,27)28/h4-5,7-8H,6,9-14H2,1-3H3. The number of benzene rings is 1. The van der Waals surface area contributed by atoms with Crippen LogP contribution in [0, 0.1) is 13.8 Å². The Balaban J connectivity index is 1.64. The van der Waals surface area contributed by atoms with Gasteiger partial charge in [-0.2, -0.15) is 5.10 Å². The summed E-state index contributed by atoms with van der Waals surface area (Å²) < 4.78 is 27.1. The quantitative estimate of drug-likeness (QED) is 0.665. The van der Waals surface area contributed by atoms with E-state index in [1.807, 2.05) is 42.8 Å². The van der Waals surface area contributed by atoms with E-state index in [2.05, 4.69) is 5.10 Å². The second-order valence-corrected chi connectivity index (χ2v) is 9.96. The molecule has 1 aromatic heterocycles. The van der Waals surface area contributed by atoms with Gasteiger partial charge >= 0.3 is 0 Å². The number of rotatable bonds is 7. The topological polar surface area (TPSA) is 75.5 Å². The monoisotopic (exact) mass is 438 g/mol. The summed E-state index contributed by atoms with van der Waals surface area (Å²) in [5.74, 6) is 0.102. The predicted octanol–water partition coefficient (Wildman–Crippen LogP) is 2.59. The molecule has 1 aliphatic rings. The maximum atomic E-state index is 12.5. The van der Waals surface area contributed by atoms with Crippen LogP contribution >= 0.6 is 11.6 Å². The Kier molecular flexibility index (Phi) is 6.65. The number of halogens is 1. The third-order valence-electron chi connectivity index (χ3n) is 5.41. The van der Waals surface area contributed by atoms with Crippen molar-refractivity contribution in [3.63, 3.8) is 0 Å². The minimum absolute atomic E-state index is 0.0789. The average molecular weight is 439 g/mol. The van der Waals surface area contributed by atoms with E-state index in [4.69, 9.17) is 11.6 Å². The highest BCUT2D eigenvalue weighted by atomic mass is 35.5. The molecule has 3 rings (SSSR count). The van der Waals surface area contributed by atoms with E-state index in [1.165, 1.54) is 4.31 Å². The van der Waals surface area contributed by atoms with Crippen molar-refractivity contribution in [2.45, 2.75) is 39.8 Å². The molecule has 7 nitrogen and oxygen atoms in total. The number of aryl methyl sites for hydroxylation is 1. The van der Waals surface area contributed by atoms with Crippen LogP contribution < -0.4 is 0 Å². The second kappa shape index (κ2) is 8.85. The molecule has 9 heteroatoms. The van der Waals surface area contributed by atoms with Crippen molar-refractivity contribution in [3.8, 4) is 0 Å². The van der Waals surface area contributed by atoms with Crippen LogP contribution in [-0.2, 0) is 27.9 Å². The summed E-state index contributed by atoms with van der Waals surface area (Å²) in [4.78, 5) is 14.2. The van der Waals surface area contributed by atoms with Gasteiger partial charge in [0.05, 0.1) is 18.0 Å². The molecule has 0 unspecified atom stereocenters. The van der Waals surface area contributed by atoms with Gasteiger partial charge in [0.2, 0.25) is 15.9 Å². The van der Waals surface area contributed by atoms with Crippen LogP contribution in [0.4, 0.5) is 0 Å². The fourth-order valence-electron chi connectivity index (χ4n) is 3.58. The minimum Gasteiger partial charge on any atom is -0.341 e. The summed E-state index contributed by atoms with van der Waals surface area (Å²) in [6, 6.07) is 7.67. The van der Waals surface area contributed by atoms with Crippen LogP contribution in [0.2, 0.25) is 5.02 Å². The van der Waals surface area contributed by atoms with Gasteiger partial charge in [-0.25, -0.2) is 12.7 Å². The van der Waals surface area contributed by atoms with E-state index in [0.29, 0.717) is 31.1 Å². The molecule has 0 radical (unpaired) electrons. The molecule has 0 bridgehead atoms. The molecule has 0 spiro atoms. The van der Waals surface area contributed by atoms with Crippen molar-refractivity contribution in [1.82, 2.24) is 19.0 Å². The fraction of sp³-hybridized carbons (Fsp3) is 0.500. The molecule has 0 N–H and O–H groups in total. The molecule has 1 aliphatic heterocycles. The molecule has 1 saturated heterocycles. The van der Waals surface area contributed by atoms with Crippen LogP contribution in [0.5, 0.6) is 0 Å². The largest absolute Gasteiger partial charge is 0.341 e. The van der Waals surface area contributed by atoms with Crippen LogP contribution in [0.15, 0.2) is 24.3 Å². The van der Waals surface area contributed by atoms with Gasteiger partial charge in [-0.05, 0) is 31.9 Å². The molecule has 2 heterocycles. The highest BCUT2D eigenvalue weighted by molar-refractivity contribution is 7.89. The number of hydrogen-bond donors (Lipinski definition) is 0. The maximum Gasteiger partial charge on any atom is 0.223 e. The highest BCUT2D eigenvalue weighted by Gasteiger charge is 2.28. The zero-order valence-electron chi connectivity index (χ0n) is 17.1. The van der Waals surface area contributed by atoms with Gasteiger partial charge in [-0.1, -0.05) is 29.8 Å². The first kappa shape index (κ1) is 21.8. The molecular weight excluding hydrogens is 412 g/mol. The van der Waals surface area contributed by atoms with Crippen LogP contribution in [0.3, 0.4) is 0 Å². The van der Waals surface area contributed by atoms with Crippen molar-refractivity contribution in [3.05, 3.63) is 51.8 Å². The van der Waals surface area contributed by atoms with Gasteiger partial charge in [0.25, 0.3) is 0 Å². The van der Waals surface area contributed by atoms with E-state index in [1.54, 1.807) is 11.9 Å². The van der Waals surface area contributed by atoms with Crippen molar-refractivity contribution in [2.24, 2.45) is 0 Å².